The van der Waals surface area contributed by atoms with Crippen molar-refractivity contribution in [3.05, 3.63) is 170 Å². The molecule has 0 radical (unpaired) electrons. The van der Waals surface area contributed by atoms with Gasteiger partial charge < -0.3 is 40.7 Å². The largest absolute Gasteiger partial charge is 0.391 e. The fourth-order valence-corrected chi connectivity index (χ4v) is 18.9. The number of unbranched alkanes of at least 4 members (excludes halogenated alkanes) is 4. The fourth-order valence-electron chi connectivity index (χ4n) is 16.0. The zero-order chi connectivity index (χ0) is 78.3. The van der Waals surface area contributed by atoms with Gasteiger partial charge in [0.2, 0.25) is 23.6 Å². The molecule has 110 heavy (non-hydrogen) atoms. The minimum atomic E-state index is -4.53. The second-order valence-electron chi connectivity index (χ2n) is 31.8. The monoisotopic (exact) mass is 1580 g/mol. The van der Waals surface area contributed by atoms with Crippen LogP contribution >= 0.6 is 34.7 Å². The summed E-state index contributed by atoms with van der Waals surface area (Å²) in [5, 5.41) is 34.1. The molecule has 23 nitrogen and oxygen atoms in total. The lowest BCUT2D eigenvalue weighted by molar-refractivity contribution is -0.384. The molecule has 5 N–H and O–H groups in total. The highest BCUT2D eigenvalue weighted by molar-refractivity contribution is 7.99. The number of hydrogen-bond donors (Lipinski definition) is 5. The summed E-state index contributed by atoms with van der Waals surface area (Å²) in [6, 6.07) is 34.8. The number of anilines is 2. The van der Waals surface area contributed by atoms with Crippen LogP contribution in [0.5, 0.6) is 0 Å². The number of halogens is 1. The fraction of sp³-hybridized carbons (Fsp3) is 0.518. The number of amides is 5. The van der Waals surface area contributed by atoms with Crippen LogP contribution in [-0.2, 0) is 29.2 Å². The number of nitrogens with one attached hydrogen (secondary N) is 4. The third kappa shape index (κ3) is 22.5. The van der Waals surface area contributed by atoms with Crippen molar-refractivity contribution < 1.29 is 42.4 Å². The highest BCUT2D eigenvalue weighted by Crippen LogP contribution is 2.45. The smallest absolute Gasteiger partial charge is 0.293 e. The highest BCUT2D eigenvalue weighted by Gasteiger charge is 2.45. The Balaban J connectivity index is 0.602. The lowest BCUT2D eigenvalue weighted by Crippen LogP contribution is -2.56. The lowest BCUT2D eigenvalue weighted by Gasteiger charge is -2.44. The van der Waals surface area contributed by atoms with E-state index in [1.807, 2.05) is 129 Å². The van der Waals surface area contributed by atoms with Gasteiger partial charge in [-0.2, -0.15) is 0 Å². The number of β-amino-alcohol motifs (C(OH)–C–C–N with tert-alkyl or cyclic N) is 1. The number of thioether (sulfide) groups is 1. The van der Waals surface area contributed by atoms with E-state index in [0.717, 1.165) is 155 Å². The number of carbonyl (C=O) groups is 5. The predicted molar refractivity (Wildman–Crippen MR) is 438 cm³/mol. The summed E-state index contributed by atoms with van der Waals surface area (Å²) in [7, 11) is -4.53. The summed E-state index contributed by atoms with van der Waals surface area (Å²) < 4.78 is 29.7. The van der Waals surface area contributed by atoms with E-state index in [4.69, 9.17) is 11.6 Å². The average molecular weight is 1580 g/mol. The number of likely N-dealkylation sites (tertiary alicyclic amines) is 1. The Labute approximate surface area is 662 Å². The summed E-state index contributed by atoms with van der Waals surface area (Å²) in [4.78, 5) is 100. The Kier molecular flexibility index (Phi) is 28.8. The van der Waals surface area contributed by atoms with Gasteiger partial charge in [-0.3, -0.25) is 48.8 Å². The summed E-state index contributed by atoms with van der Waals surface area (Å²) >= 11 is 9.63. The number of aryl methyl sites for hydroxylation is 1. The van der Waals surface area contributed by atoms with Crippen LogP contribution in [0.3, 0.4) is 0 Å². The second kappa shape index (κ2) is 38.2. The van der Waals surface area contributed by atoms with Gasteiger partial charge in [0.05, 0.1) is 44.1 Å². The second-order valence-corrected chi connectivity index (χ2v) is 35.9. The third-order valence-electron chi connectivity index (χ3n) is 22.4. The number of sulfonamides is 1. The molecule has 0 bridgehead atoms. The summed E-state index contributed by atoms with van der Waals surface area (Å²) in [5.74, 6) is -0.470. The van der Waals surface area contributed by atoms with Crippen molar-refractivity contribution in [3.63, 3.8) is 0 Å². The van der Waals surface area contributed by atoms with Gasteiger partial charge >= 0.3 is 0 Å². The molecule has 0 saturated carbocycles. The van der Waals surface area contributed by atoms with E-state index >= 15 is 0 Å². The number of nitrogens with zero attached hydrogens (tertiary/aromatic N) is 9. The van der Waals surface area contributed by atoms with Gasteiger partial charge in [-0.25, -0.2) is 18.1 Å². The normalized spacial score (nSPS) is 20.0. The molecule has 11 rings (SSSR count). The number of aliphatic hydroxyl groups excluding tert-OH is 1. The molecule has 6 aromatic rings. The van der Waals surface area contributed by atoms with Crippen molar-refractivity contribution in [1.82, 2.24) is 49.7 Å². The molecule has 0 spiro atoms. The van der Waals surface area contributed by atoms with E-state index in [1.165, 1.54) is 28.8 Å². The van der Waals surface area contributed by atoms with Gasteiger partial charge in [-0.05, 0) is 153 Å². The molecule has 592 valence electrons. The number of hydrogen-bond acceptors (Lipinski definition) is 19. The summed E-state index contributed by atoms with van der Waals surface area (Å²) in [6.07, 6.45) is 8.07. The van der Waals surface area contributed by atoms with Gasteiger partial charge in [0.15, 0.2) is 0 Å². The van der Waals surface area contributed by atoms with Gasteiger partial charge in [0, 0.05) is 164 Å². The Bertz CT molecular complexity index is 4280. The minimum absolute atomic E-state index is 0.0315. The maximum Gasteiger partial charge on any atom is 0.293 e. The summed E-state index contributed by atoms with van der Waals surface area (Å²) in [6.45, 7) is 26.1. The van der Waals surface area contributed by atoms with Gasteiger partial charge in [-0.1, -0.05) is 119 Å². The average Bonchev–Trinajstić information content (AvgIpc) is 0.983. The van der Waals surface area contributed by atoms with E-state index in [2.05, 4.69) is 64.3 Å². The summed E-state index contributed by atoms with van der Waals surface area (Å²) in [5.41, 5.74) is 9.20. The van der Waals surface area contributed by atoms with Crippen LogP contribution in [0.15, 0.2) is 142 Å². The number of allylic oxidation sites excluding steroid dienone is 1. The first-order chi connectivity index (χ1) is 52.6. The maximum absolute atomic E-state index is 14.3. The topological polar surface area (TPSA) is 267 Å². The molecule has 1 aliphatic carbocycles. The van der Waals surface area contributed by atoms with Crippen LogP contribution in [0, 0.1) is 27.9 Å². The van der Waals surface area contributed by atoms with Gasteiger partial charge in [0.25, 0.3) is 21.6 Å². The number of piperazine rings is 3. The molecule has 6 atom stereocenters. The Morgan fingerprint density at radius 3 is 2.12 bits per heavy atom. The van der Waals surface area contributed by atoms with E-state index in [0.29, 0.717) is 62.9 Å². The van der Waals surface area contributed by atoms with Crippen molar-refractivity contribution in [2.45, 2.75) is 159 Å². The van der Waals surface area contributed by atoms with Gasteiger partial charge in [0.1, 0.15) is 11.7 Å². The molecule has 5 amide bonds. The molecular weight excluding hydrogens is 1470 g/mol. The quantitative estimate of drug-likeness (QED) is 0.0114. The van der Waals surface area contributed by atoms with E-state index in [9.17, 15) is 47.6 Å². The van der Waals surface area contributed by atoms with Crippen LogP contribution in [0.2, 0.25) is 5.02 Å². The number of nitro groups is 1. The predicted octanol–water partition coefficient (Wildman–Crippen LogP) is 12.0. The number of nitro benzene ring substituents is 1. The molecule has 1 aromatic heterocycles. The first-order valence-corrected chi connectivity index (χ1v) is 42.7. The molecule has 4 saturated heterocycles. The van der Waals surface area contributed by atoms with Crippen molar-refractivity contribution in [2.75, 3.05) is 127 Å². The zero-order valence-corrected chi connectivity index (χ0v) is 68.0. The van der Waals surface area contributed by atoms with Crippen LogP contribution in [0.1, 0.15) is 145 Å². The van der Waals surface area contributed by atoms with Crippen LogP contribution < -0.4 is 25.6 Å². The molecule has 5 aromatic carbocycles. The Hall–Kier alpha value is -7.79. The third-order valence-corrected chi connectivity index (χ3v) is 26.1. The molecule has 1 unspecified atom stereocenters. The minimum Gasteiger partial charge on any atom is -0.391 e. The van der Waals surface area contributed by atoms with Crippen molar-refractivity contribution in [3.8, 4) is 10.4 Å². The van der Waals surface area contributed by atoms with Crippen LogP contribution in [0.4, 0.5) is 17.1 Å². The number of carbonyl (C=O) groups excluding carboxylic acids is 5. The Morgan fingerprint density at radius 1 is 0.800 bits per heavy atom. The number of benzene rings is 5. The number of rotatable bonds is 32. The zero-order valence-electron chi connectivity index (χ0n) is 64.8. The maximum atomic E-state index is 14.3. The number of thiazole rings is 1. The van der Waals surface area contributed by atoms with E-state index < -0.39 is 55.0 Å². The van der Waals surface area contributed by atoms with Gasteiger partial charge in [-0.15, -0.1) is 23.1 Å². The number of aromatic nitrogens is 1. The molecule has 4 fully saturated rings. The number of aliphatic hydroxyl groups is 1. The lowest BCUT2D eigenvalue weighted by atomic mass is 9.71. The molecule has 27 heteroatoms. The molecular formula is C83H110ClN13O10S3. The van der Waals surface area contributed by atoms with E-state index in [1.54, 1.807) is 47.1 Å². The van der Waals surface area contributed by atoms with Crippen LogP contribution in [-0.4, -0.2) is 224 Å². The SMILES string of the molecule is CC(=O)N1CCN(CC[C@H](CSc2ccccc2)Nc2ccc(S(=O)(=O)NC(=O)c3ccc(N4CCN(CC5=C(c6ccc(Cl)cc6)CCC(C)(CN6CCN(C(=O)CCCCCCCN[C@H](C(=O)N7C[C@H](O)C[C@H]7C(=O)N[C@@H](C)c7ccc(-c8scnc8C)cc7)C(C)(C)C)CC6)C5)CC4)cc3)cc2[N+](=O)[O-])CC1. The highest BCUT2D eigenvalue weighted by atomic mass is 35.5. The standard InChI is InChI=1S/C83H110ClN13O10S3/c1-58(61-19-21-63(22-20-61)77-59(2)86-57-109-77)87-80(102)75-50-69(99)54-96(75)81(103)78(82(4,5)6)85-36-15-10-8-9-14-18-76(100)95-48-42-92(43-49-95)56-83(7)35-33-72(62-23-27-66(84)28-24-62)65(52-83)53-91-40-46-94(47-41-91)68-29-25-64(26-30-68)79(101)89-110(106,107)71-31-32-73(74(51-71)97(104)105)88-67(55-108-70-16-12-11-13-17-70)34-37-90-38-44-93(45-39-90)60(3)98/h11-13,16-17,19-32,51,57-58,67,69,75,78,85,88,99H,8-10,14-15,18,33-50,52-56H2,1-7H3,(H,87,102)(H,89,101)/t58-,67+,69+,75-,78+,83?/m0/s1. The van der Waals surface area contributed by atoms with E-state index in [-0.39, 0.29) is 65.3 Å². The molecule has 5 heterocycles. The Morgan fingerprint density at radius 2 is 1.45 bits per heavy atom. The van der Waals surface area contributed by atoms with Crippen LogP contribution in [0.25, 0.3) is 16.0 Å². The molecule has 4 aliphatic heterocycles. The van der Waals surface area contributed by atoms with Crippen molar-refractivity contribution in [1.29, 1.82) is 0 Å². The first-order valence-electron chi connectivity index (χ1n) is 39.0. The van der Waals surface area contributed by atoms with Crippen molar-refractivity contribution >= 4 is 96.9 Å². The van der Waals surface area contributed by atoms with Crippen molar-refractivity contribution in [2.24, 2.45) is 10.8 Å². The first kappa shape index (κ1) is 83.2. The molecule has 5 aliphatic rings.